The molecule has 0 fully saturated rings. The zero-order valence-corrected chi connectivity index (χ0v) is 9.58. The Bertz CT molecular complexity index is 315. The zero-order valence-electron chi connectivity index (χ0n) is 9.58. The zero-order chi connectivity index (χ0) is 11.3. The minimum Gasteiger partial charge on any atom is -0.396 e. The largest absolute Gasteiger partial charge is 0.396 e. The summed E-state index contributed by atoms with van der Waals surface area (Å²) in [4.78, 5) is 4.33. The predicted octanol–water partition coefficient (Wildman–Crippen LogP) is 1.67. The molecule has 1 heterocycles. The van der Waals surface area contributed by atoms with E-state index in [-0.39, 0.29) is 0 Å². The van der Waals surface area contributed by atoms with Gasteiger partial charge in [0, 0.05) is 19.3 Å². The third-order valence-corrected chi connectivity index (χ3v) is 2.13. The monoisotopic (exact) mass is 209 g/mol. The Morgan fingerprint density at radius 2 is 2.27 bits per heavy atom. The molecule has 1 atom stereocenters. The number of methoxy groups -OCH3 is 1. The Hall–Kier alpha value is -1.29. The van der Waals surface area contributed by atoms with Crippen molar-refractivity contribution in [1.29, 1.82) is 0 Å². The fourth-order valence-electron chi connectivity index (χ4n) is 1.32. The molecule has 1 unspecified atom stereocenters. The van der Waals surface area contributed by atoms with E-state index in [1.165, 1.54) is 0 Å². The number of pyridine rings is 1. The third-order valence-electron chi connectivity index (χ3n) is 2.13. The van der Waals surface area contributed by atoms with Gasteiger partial charge < -0.3 is 15.8 Å². The number of nitrogens with two attached hydrogens (primary N) is 1. The van der Waals surface area contributed by atoms with E-state index in [0.29, 0.717) is 11.6 Å². The summed E-state index contributed by atoms with van der Waals surface area (Å²) in [6.07, 6.45) is 0. The molecule has 0 aromatic carbocycles. The van der Waals surface area contributed by atoms with Crippen molar-refractivity contribution < 1.29 is 4.74 Å². The molecule has 4 nitrogen and oxygen atoms in total. The fourth-order valence-corrected chi connectivity index (χ4v) is 1.32. The van der Waals surface area contributed by atoms with E-state index in [9.17, 15) is 0 Å². The minimum atomic E-state index is 0.441. The van der Waals surface area contributed by atoms with Crippen molar-refractivity contribution in [1.82, 2.24) is 4.98 Å². The van der Waals surface area contributed by atoms with Crippen LogP contribution in [0.25, 0.3) is 0 Å². The van der Waals surface area contributed by atoms with Gasteiger partial charge in [-0.25, -0.2) is 4.98 Å². The highest BCUT2D eigenvalue weighted by molar-refractivity contribution is 5.61. The molecular weight excluding hydrogens is 190 g/mol. The summed E-state index contributed by atoms with van der Waals surface area (Å²) < 4.78 is 5.05. The van der Waals surface area contributed by atoms with E-state index in [1.54, 1.807) is 7.11 Å². The van der Waals surface area contributed by atoms with Gasteiger partial charge >= 0.3 is 0 Å². The van der Waals surface area contributed by atoms with Gasteiger partial charge in [-0.3, -0.25) is 0 Å². The summed E-state index contributed by atoms with van der Waals surface area (Å²) in [6.45, 7) is 5.61. The average Bonchev–Trinajstić information content (AvgIpc) is 2.20. The Morgan fingerprint density at radius 3 is 2.93 bits per heavy atom. The van der Waals surface area contributed by atoms with Gasteiger partial charge in [-0.15, -0.1) is 0 Å². The first kappa shape index (κ1) is 11.8. The number of hydrogen-bond acceptors (Lipinski definition) is 4. The molecule has 0 saturated heterocycles. The number of nitrogens with one attached hydrogen (secondary N) is 1. The molecule has 0 spiro atoms. The van der Waals surface area contributed by atoms with E-state index in [0.717, 1.165) is 24.7 Å². The summed E-state index contributed by atoms with van der Waals surface area (Å²) in [7, 11) is 1.70. The van der Waals surface area contributed by atoms with Crippen LogP contribution >= 0.6 is 0 Å². The van der Waals surface area contributed by atoms with Gasteiger partial charge in [0.2, 0.25) is 0 Å². The molecule has 1 aromatic rings. The number of rotatable bonds is 5. The van der Waals surface area contributed by atoms with E-state index in [2.05, 4.69) is 17.2 Å². The van der Waals surface area contributed by atoms with E-state index in [1.807, 2.05) is 19.1 Å². The van der Waals surface area contributed by atoms with E-state index < -0.39 is 0 Å². The number of aryl methyl sites for hydroxylation is 1. The number of nitrogens with zero attached hydrogens (tertiary/aromatic N) is 1. The van der Waals surface area contributed by atoms with Gasteiger partial charge in [0.15, 0.2) is 0 Å². The van der Waals surface area contributed by atoms with Crippen molar-refractivity contribution in [2.24, 2.45) is 5.92 Å². The molecular formula is C11H19N3O. The highest BCUT2D eigenvalue weighted by Crippen LogP contribution is 2.15. The van der Waals surface area contributed by atoms with Gasteiger partial charge in [0.25, 0.3) is 0 Å². The lowest BCUT2D eigenvalue weighted by atomic mass is 10.2. The number of hydrogen-bond donors (Lipinski definition) is 2. The summed E-state index contributed by atoms with van der Waals surface area (Å²) in [5, 5.41) is 3.22. The van der Waals surface area contributed by atoms with Crippen LogP contribution in [0.1, 0.15) is 12.6 Å². The molecule has 0 radical (unpaired) electrons. The Balaban J connectivity index is 2.53. The van der Waals surface area contributed by atoms with Crippen LogP contribution in [-0.2, 0) is 4.74 Å². The van der Waals surface area contributed by atoms with E-state index in [4.69, 9.17) is 10.5 Å². The number of aromatic nitrogens is 1. The van der Waals surface area contributed by atoms with Crippen LogP contribution in [0, 0.1) is 12.8 Å². The number of nitrogen functional groups attached to an aromatic ring is 1. The van der Waals surface area contributed by atoms with E-state index >= 15 is 0 Å². The van der Waals surface area contributed by atoms with Crippen molar-refractivity contribution in [3.05, 3.63) is 17.8 Å². The molecule has 0 aliphatic carbocycles. The summed E-state index contributed by atoms with van der Waals surface area (Å²) in [5.41, 5.74) is 7.44. The van der Waals surface area contributed by atoms with Gasteiger partial charge in [-0.05, 0) is 25.0 Å². The van der Waals surface area contributed by atoms with Crippen LogP contribution < -0.4 is 11.1 Å². The van der Waals surface area contributed by atoms with Crippen molar-refractivity contribution in [3.8, 4) is 0 Å². The maximum Gasteiger partial charge on any atom is 0.149 e. The standard InChI is InChI=1S/C11H19N3O/c1-8(7-15-3)6-13-11-10(12)5-4-9(2)14-11/h4-5,8H,6-7,12H2,1-3H3,(H,13,14). The van der Waals surface area contributed by atoms with Crippen molar-refractivity contribution in [3.63, 3.8) is 0 Å². The van der Waals surface area contributed by atoms with Gasteiger partial charge in [0.05, 0.1) is 12.3 Å². The van der Waals surface area contributed by atoms with Crippen LogP contribution in [0.4, 0.5) is 11.5 Å². The maximum absolute atomic E-state index is 5.79. The summed E-state index contributed by atoms with van der Waals surface area (Å²) in [5.74, 6) is 1.20. The van der Waals surface area contributed by atoms with Crippen LogP contribution in [0.2, 0.25) is 0 Å². The first-order valence-corrected chi connectivity index (χ1v) is 5.09. The second kappa shape index (κ2) is 5.56. The first-order valence-electron chi connectivity index (χ1n) is 5.09. The fraction of sp³-hybridized carbons (Fsp3) is 0.545. The lowest BCUT2D eigenvalue weighted by Crippen LogP contribution is -2.17. The predicted molar refractivity (Wildman–Crippen MR) is 62.9 cm³/mol. The quantitative estimate of drug-likeness (QED) is 0.774. The van der Waals surface area contributed by atoms with Crippen molar-refractivity contribution >= 4 is 11.5 Å². The third kappa shape index (κ3) is 3.75. The lowest BCUT2D eigenvalue weighted by molar-refractivity contribution is 0.164. The van der Waals surface area contributed by atoms with Crippen LogP contribution in [-0.4, -0.2) is 25.2 Å². The average molecular weight is 209 g/mol. The Labute approximate surface area is 90.8 Å². The second-order valence-electron chi connectivity index (χ2n) is 3.83. The van der Waals surface area contributed by atoms with Gasteiger partial charge in [-0.2, -0.15) is 0 Å². The van der Waals surface area contributed by atoms with Crippen molar-refractivity contribution in [2.75, 3.05) is 31.3 Å². The Kier molecular flexibility index (Phi) is 4.37. The Morgan fingerprint density at radius 1 is 1.53 bits per heavy atom. The number of anilines is 2. The molecule has 0 saturated carbocycles. The smallest absolute Gasteiger partial charge is 0.149 e. The molecule has 15 heavy (non-hydrogen) atoms. The highest BCUT2D eigenvalue weighted by atomic mass is 16.5. The lowest BCUT2D eigenvalue weighted by Gasteiger charge is -2.13. The molecule has 1 rings (SSSR count). The van der Waals surface area contributed by atoms with Crippen LogP contribution in [0.3, 0.4) is 0 Å². The van der Waals surface area contributed by atoms with Crippen LogP contribution in [0.15, 0.2) is 12.1 Å². The first-order chi connectivity index (χ1) is 7.13. The molecule has 0 aliphatic heterocycles. The molecule has 0 bridgehead atoms. The van der Waals surface area contributed by atoms with Gasteiger partial charge in [0.1, 0.15) is 5.82 Å². The van der Waals surface area contributed by atoms with Crippen LogP contribution in [0.5, 0.6) is 0 Å². The molecule has 0 amide bonds. The topological polar surface area (TPSA) is 60.2 Å². The molecule has 4 heteroatoms. The minimum absolute atomic E-state index is 0.441. The van der Waals surface area contributed by atoms with Gasteiger partial charge in [-0.1, -0.05) is 6.92 Å². The highest BCUT2D eigenvalue weighted by Gasteiger charge is 2.04. The molecule has 0 aliphatic rings. The number of ether oxygens (including phenoxy) is 1. The maximum atomic E-state index is 5.79. The molecule has 1 aromatic heterocycles. The molecule has 84 valence electrons. The summed E-state index contributed by atoms with van der Waals surface area (Å²) >= 11 is 0. The summed E-state index contributed by atoms with van der Waals surface area (Å²) in [6, 6.07) is 3.77. The normalized spacial score (nSPS) is 12.5. The molecule has 3 N–H and O–H groups in total. The second-order valence-corrected chi connectivity index (χ2v) is 3.83. The van der Waals surface area contributed by atoms with Crippen molar-refractivity contribution in [2.45, 2.75) is 13.8 Å². The SMILES string of the molecule is COCC(C)CNc1nc(C)ccc1N.